The number of aromatic nitrogens is 2. The van der Waals surface area contributed by atoms with Crippen LogP contribution in [0.4, 0.5) is 11.4 Å². The molecular weight excluding hydrogens is 476 g/mol. The molecule has 0 radical (unpaired) electrons. The fourth-order valence-corrected chi connectivity index (χ4v) is 5.17. The van der Waals surface area contributed by atoms with E-state index in [1.54, 1.807) is 28.8 Å². The van der Waals surface area contributed by atoms with Crippen LogP contribution in [-0.2, 0) is 24.8 Å². The predicted molar refractivity (Wildman–Crippen MR) is 144 cm³/mol. The average Bonchev–Trinajstić information content (AvgIpc) is 3.25. The standard InChI is InChI=1S/C27H28N4O4S/c1-16(2)15-31-26-23(25(34)30(4)27(31)35)14-22(36-26)12-18-8-10-20(11-9-18)29-24(33)19-6-5-7-21(13-19)28-17(3)32/h5-11,13-14,16H,12,15H2,1-4H3,(H,28,32)(H,29,33). The molecule has 2 amide bonds. The molecule has 4 rings (SSSR count). The van der Waals surface area contributed by atoms with Crippen LogP contribution in [0.25, 0.3) is 10.2 Å². The third-order valence-electron chi connectivity index (χ3n) is 5.64. The molecule has 8 nitrogen and oxygen atoms in total. The van der Waals surface area contributed by atoms with Crippen molar-refractivity contribution in [2.75, 3.05) is 10.6 Å². The Labute approximate surface area is 212 Å². The van der Waals surface area contributed by atoms with E-state index in [1.165, 1.54) is 29.9 Å². The van der Waals surface area contributed by atoms with Gasteiger partial charge in [-0.3, -0.25) is 23.5 Å². The first-order valence-electron chi connectivity index (χ1n) is 11.6. The molecule has 0 aliphatic heterocycles. The second-order valence-corrected chi connectivity index (χ2v) is 10.3. The van der Waals surface area contributed by atoms with Gasteiger partial charge in [0.25, 0.3) is 11.5 Å². The lowest BCUT2D eigenvalue weighted by atomic mass is 10.1. The van der Waals surface area contributed by atoms with Crippen LogP contribution in [0, 0.1) is 5.92 Å². The Morgan fingerprint density at radius 3 is 2.36 bits per heavy atom. The molecule has 0 saturated carbocycles. The van der Waals surface area contributed by atoms with Crippen LogP contribution in [0.1, 0.15) is 41.6 Å². The summed E-state index contributed by atoms with van der Waals surface area (Å²) in [6.45, 7) is 6.04. The van der Waals surface area contributed by atoms with Crippen LogP contribution in [0.2, 0.25) is 0 Å². The van der Waals surface area contributed by atoms with E-state index in [0.29, 0.717) is 40.1 Å². The quantitative estimate of drug-likeness (QED) is 0.393. The number of fused-ring (bicyclic) bond motifs is 1. The molecular formula is C27H28N4O4S. The van der Waals surface area contributed by atoms with Crippen molar-refractivity contribution in [2.24, 2.45) is 13.0 Å². The third kappa shape index (κ3) is 5.46. The molecule has 0 aliphatic rings. The molecule has 9 heteroatoms. The first kappa shape index (κ1) is 25.1. The van der Waals surface area contributed by atoms with Gasteiger partial charge in [0.1, 0.15) is 4.83 Å². The molecule has 36 heavy (non-hydrogen) atoms. The van der Waals surface area contributed by atoms with E-state index in [2.05, 4.69) is 10.6 Å². The monoisotopic (exact) mass is 504 g/mol. The van der Waals surface area contributed by atoms with Gasteiger partial charge in [0.2, 0.25) is 5.91 Å². The van der Waals surface area contributed by atoms with Crippen LogP contribution in [0.3, 0.4) is 0 Å². The number of carbonyl (C=O) groups is 2. The topological polar surface area (TPSA) is 102 Å². The van der Waals surface area contributed by atoms with E-state index in [1.807, 2.05) is 44.2 Å². The molecule has 2 heterocycles. The first-order chi connectivity index (χ1) is 17.1. The first-order valence-corrected chi connectivity index (χ1v) is 12.4. The molecule has 0 spiro atoms. The molecule has 0 saturated heterocycles. The van der Waals surface area contributed by atoms with Gasteiger partial charge in [-0.25, -0.2) is 4.79 Å². The van der Waals surface area contributed by atoms with Gasteiger partial charge >= 0.3 is 5.69 Å². The van der Waals surface area contributed by atoms with Gasteiger partial charge in [0.05, 0.1) is 5.39 Å². The third-order valence-corrected chi connectivity index (χ3v) is 6.80. The number of thiophene rings is 1. The number of hydrogen-bond donors (Lipinski definition) is 2. The molecule has 186 valence electrons. The lowest BCUT2D eigenvalue weighted by Gasteiger charge is -2.11. The average molecular weight is 505 g/mol. The van der Waals surface area contributed by atoms with Gasteiger partial charge in [-0.15, -0.1) is 11.3 Å². The van der Waals surface area contributed by atoms with E-state index in [-0.39, 0.29) is 29.0 Å². The van der Waals surface area contributed by atoms with Crippen LogP contribution < -0.4 is 21.9 Å². The Kier molecular flexibility index (Phi) is 7.21. The van der Waals surface area contributed by atoms with E-state index in [9.17, 15) is 19.2 Å². The number of amides is 2. The van der Waals surface area contributed by atoms with Crippen molar-refractivity contribution in [3.05, 3.63) is 91.4 Å². The molecule has 0 fully saturated rings. The lowest BCUT2D eigenvalue weighted by Crippen LogP contribution is -2.38. The van der Waals surface area contributed by atoms with Crippen molar-refractivity contribution in [3.8, 4) is 0 Å². The molecule has 0 aliphatic carbocycles. The fourth-order valence-electron chi connectivity index (χ4n) is 3.99. The fraction of sp³-hybridized carbons (Fsp3) is 0.259. The zero-order chi connectivity index (χ0) is 26.0. The van der Waals surface area contributed by atoms with Crippen LogP contribution in [0.5, 0.6) is 0 Å². The molecule has 0 atom stereocenters. The smallest absolute Gasteiger partial charge is 0.326 e. The number of nitrogens with one attached hydrogen (secondary N) is 2. The highest BCUT2D eigenvalue weighted by molar-refractivity contribution is 7.18. The van der Waals surface area contributed by atoms with Crippen LogP contribution >= 0.6 is 11.3 Å². The van der Waals surface area contributed by atoms with Crippen molar-refractivity contribution in [1.29, 1.82) is 0 Å². The van der Waals surface area contributed by atoms with Gasteiger partial charge in [-0.2, -0.15) is 0 Å². The number of hydrogen-bond acceptors (Lipinski definition) is 5. The summed E-state index contributed by atoms with van der Waals surface area (Å²) in [7, 11) is 1.52. The molecule has 0 unspecified atom stereocenters. The van der Waals surface area contributed by atoms with Crippen molar-refractivity contribution >= 4 is 44.7 Å². The Morgan fingerprint density at radius 1 is 0.972 bits per heavy atom. The largest absolute Gasteiger partial charge is 0.331 e. The van der Waals surface area contributed by atoms with Gasteiger partial charge in [-0.05, 0) is 47.9 Å². The zero-order valence-electron chi connectivity index (χ0n) is 20.6. The minimum absolute atomic E-state index is 0.203. The summed E-state index contributed by atoms with van der Waals surface area (Å²) in [6.07, 6.45) is 0.603. The second-order valence-electron chi connectivity index (χ2n) is 9.17. The lowest BCUT2D eigenvalue weighted by molar-refractivity contribution is -0.114. The number of benzene rings is 2. The number of rotatable bonds is 7. The maximum Gasteiger partial charge on any atom is 0.331 e. The van der Waals surface area contributed by atoms with E-state index in [0.717, 1.165) is 10.4 Å². The molecule has 0 bridgehead atoms. The molecule has 2 aromatic heterocycles. The summed E-state index contributed by atoms with van der Waals surface area (Å²) in [5.74, 6) is -0.214. The summed E-state index contributed by atoms with van der Waals surface area (Å²) in [5.41, 5.74) is 2.08. The van der Waals surface area contributed by atoms with Crippen molar-refractivity contribution in [2.45, 2.75) is 33.7 Å². The van der Waals surface area contributed by atoms with E-state index >= 15 is 0 Å². The maximum absolute atomic E-state index is 12.7. The normalized spacial score (nSPS) is 11.1. The summed E-state index contributed by atoms with van der Waals surface area (Å²) in [6, 6.07) is 16.1. The van der Waals surface area contributed by atoms with E-state index in [4.69, 9.17) is 0 Å². The minimum Gasteiger partial charge on any atom is -0.326 e. The number of carbonyl (C=O) groups excluding carboxylic acids is 2. The number of anilines is 2. The minimum atomic E-state index is -0.294. The second kappa shape index (κ2) is 10.3. The Morgan fingerprint density at radius 2 is 1.69 bits per heavy atom. The highest BCUT2D eigenvalue weighted by Crippen LogP contribution is 2.26. The molecule has 2 N–H and O–H groups in total. The number of nitrogens with zero attached hydrogens (tertiary/aromatic N) is 2. The Balaban J connectivity index is 1.52. The summed E-state index contributed by atoms with van der Waals surface area (Å²) < 4.78 is 2.86. The highest BCUT2D eigenvalue weighted by atomic mass is 32.1. The van der Waals surface area contributed by atoms with E-state index < -0.39 is 0 Å². The van der Waals surface area contributed by atoms with Crippen LogP contribution in [-0.4, -0.2) is 20.9 Å². The Hall–Kier alpha value is -3.98. The van der Waals surface area contributed by atoms with Crippen molar-refractivity contribution < 1.29 is 9.59 Å². The maximum atomic E-state index is 12.7. The van der Waals surface area contributed by atoms with Gasteiger partial charge in [0, 0.05) is 48.8 Å². The SMILES string of the molecule is CC(=O)Nc1cccc(C(=O)Nc2ccc(Cc3cc4c(=O)n(C)c(=O)n(CC(C)C)c4s3)cc2)c1. The van der Waals surface area contributed by atoms with Gasteiger partial charge in [0.15, 0.2) is 0 Å². The summed E-state index contributed by atoms with van der Waals surface area (Å²) >= 11 is 1.47. The predicted octanol–water partition coefficient (Wildman–Crippen LogP) is 4.22. The summed E-state index contributed by atoms with van der Waals surface area (Å²) in [4.78, 5) is 51.0. The highest BCUT2D eigenvalue weighted by Gasteiger charge is 2.16. The molecule has 4 aromatic rings. The van der Waals surface area contributed by atoms with Gasteiger partial charge < -0.3 is 10.6 Å². The van der Waals surface area contributed by atoms with Crippen molar-refractivity contribution in [1.82, 2.24) is 9.13 Å². The zero-order valence-corrected chi connectivity index (χ0v) is 21.4. The van der Waals surface area contributed by atoms with Gasteiger partial charge in [-0.1, -0.05) is 32.0 Å². The molecule has 2 aromatic carbocycles. The summed E-state index contributed by atoms with van der Waals surface area (Å²) in [5, 5.41) is 6.09. The Bertz CT molecular complexity index is 1560. The van der Waals surface area contributed by atoms with Crippen LogP contribution in [0.15, 0.2) is 64.2 Å². The van der Waals surface area contributed by atoms with Crippen molar-refractivity contribution in [3.63, 3.8) is 0 Å².